The summed E-state index contributed by atoms with van der Waals surface area (Å²) in [5.74, 6) is 0.563. The lowest BCUT2D eigenvalue weighted by molar-refractivity contribution is -0.122. The molecule has 2 N–H and O–H groups in total. The molecule has 1 atom stereocenters. The van der Waals surface area contributed by atoms with E-state index in [4.69, 9.17) is 0 Å². The van der Waals surface area contributed by atoms with E-state index in [1.807, 2.05) is 0 Å². The lowest BCUT2D eigenvalue weighted by Crippen LogP contribution is -2.36. The SMILES string of the molecule is Cc1ccc2[nH]c3c(c2c1)CC(NC(=O)C1CC1)C3. The van der Waals surface area contributed by atoms with E-state index in [1.165, 1.54) is 27.7 Å². The van der Waals surface area contributed by atoms with E-state index in [-0.39, 0.29) is 5.91 Å². The molecule has 1 aromatic heterocycles. The fourth-order valence-electron chi connectivity index (χ4n) is 3.16. The Morgan fingerprint density at radius 1 is 1.32 bits per heavy atom. The number of hydrogen-bond donors (Lipinski definition) is 2. The number of hydrogen-bond acceptors (Lipinski definition) is 1. The van der Waals surface area contributed by atoms with E-state index < -0.39 is 0 Å². The first-order chi connectivity index (χ1) is 9.20. The van der Waals surface area contributed by atoms with Crippen molar-refractivity contribution in [2.24, 2.45) is 5.92 Å². The number of rotatable bonds is 2. The second-order valence-electron chi connectivity index (χ2n) is 6.02. The van der Waals surface area contributed by atoms with Crippen LogP contribution in [-0.2, 0) is 17.6 Å². The van der Waals surface area contributed by atoms with Gasteiger partial charge >= 0.3 is 0 Å². The molecule has 0 bridgehead atoms. The molecule has 3 nitrogen and oxygen atoms in total. The molecule has 98 valence electrons. The first-order valence-electron chi connectivity index (χ1n) is 7.11. The Balaban J connectivity index is 1.59. The molecule has 0 saturated heterocycles. The fourth-order valence-corrected chi connectivity index (χ4v) is 3.16. The van der Waals surface area contributed by atoms with Crippen LogP contribution in [0.2, 0.25) is 0 Å². The Morgan fingerprint density at radius 2 is 2.16 bits per heavy atom. The highest BCUT2D eigenvalue weighted by Crippen LogP contribution is 2.32. The highest BCUT2D eigenvalue weighted by atomic mass is 16.2. The van der Waals surface area contributed by atoms with Gasteiger partial charge in [0.15, 0.2) is 0 Å². The monoisotopic (exact) mass is 254 g/mol. The molecular formula is C16H18N2O. The molecule has 1 unspecified atom stereocenters. The van der Waals surface area contributed by atoms with Crippen LogP contribution in [-0.4, -0.2) is 16.9 Å². The van der Waals surface area contributed by atoms with Crippen LogP contribution in [0.4, 0.5) is 0 Å². The maximum Gasteiger partial charge on any atom is 0.223 e. The van der Waals surface area contributed by atoms with Gasteiger partial charge in [0.2, 0.25) is 5.91 Å². The number of H-pyrrole nitrogens is 1. The molecule has 1 saturated carbocycles. The van der Waals surface area contributed by atoms with Gasteiger partial charge in [0.25, 0.3) is 0 Å². The van der Waals surface area contributed by atoms with Crippen LogP contribution in [0.5, 0.6) is 0 Å². The number of aryl methyl sites for hydroxylation is 1. The van der Waals surface area contributed by atoms with Gasteiger partial charge in [0.05, 0.1) is 0 Å². The molecule has 4 rings (SSSR count). The van der Waals surface area contributed by atoms with Crippen molar-refractivity contribution in [1.82, 2.24) is 10.3 Å². The molecule has 3 heteroatoms. The second kappa shape index (κ2) is 3.86. The predicted molar refractivity (Wildman–Crippen MR) is 75.1 cm³/mol. The normalized spacial score (nSPS) is 21.6. The minimum Gasteiger partial charge on any atom is -0.358 e. The summed E-state index contributed by atoms with van der Waals surface area (Å²) in [6.45, 7) is 2.13. The van der Waals surface area contributed by atoms with Crippen LogP contribution < -0.4 is 5.32 Å². The lowest BCUT2D eigenvalue weighted by Gasteiger charge is -2.12. The number of benzene rings is 1. The van der Waals surface area contributed by atoms with Gasteiger partial charge in [0, 0.05) is 35.0 Å². The predicted octanol–water partition coefficient (Wildman–Crippen LogP) is 2.47. The lowest BCUT2D eigenvalue weighted by atomic mass is 10.1. The zero-order valence-electron chi connectivity index (χ0n) is 11.1. The van der Waals surface area contributed by atoms with Gasteiger partial charge in [-0.3, -0.25) is 4.79 Å². The Bertz CT molecular complexity index is 667. The van der Waals surface area contributed by atoms with Gasteiger partial charge in [-0.25, -0.2) is 0 Å². The molecule has 1 heterocycles. The van der Waals surface area contributed by atoms with Gasteiger partial charge in [0.1, 0.15) is 0 Å². The van der Waals surface area contributed by atoms with Crippen molar-refractivity contribution in [3.05, 3.63) is 35.0 Å². The average Bonchev–Trinajstić information content (AvgIpc) is 3.08. The van der Waals surface area contributed by atoms with Crippen molar-refractivity contribution in [3.63, 3.8) is 0 Å². The van der Waals surface area contributed by atoms with Gasteiger partial charge in [-0.15, -0.1) is 0 Å². The minimum absolute atomic E-state index is 0.260. The zero-order valence-corrected chi connectivity index (χ0v) is 11.1. The number of carbonyl (C=O) groups is 1. The van der Waals surface area contributed by atoms with Crippen molar-refractivity contribution >= 4 is 16.8 Å². The highest BCUT2D eigenvalue weighted by Gasteiger charge is 2.33. The number of aromatic nitrogens is 1. The molecule has 0 radical (unpaired) electrons. The molecule has 2 aliphatic carbocycles. The summed E-state index contributed by atoms with van der Waals surface area (Å²) in [6.07, 6.45) is 4.07. The average molecular weight is 254 g/mol. The molecule has 1 amide bonds. The van der Waals surface area contributed by atoms with Crippen LogP contribution >= 0.6 is 0 Å². The number of carbonyl (C=O) groups excluding carboxylic acids is 1. The molecule has 1 aromatic carbocycles. The van der Waals surface area contributed by atoms with Crippen molar-refractivity contribution < 1.29 is 4.79 Å². The Kier molecular flexibility index (Phi) is 2.25. The van der Waals surface area contributed by atoms with Crippen molar-refractivity contribution in [2.75, 3.05) is 0 Å². The molecule has 19 heavy (non-hydrogen) atoms. The van der Waals surface area contributed by atoms with E-state index >= 15 is 0 Å². The number of nitrogens with one attached hydrogen (secondary N) is 2. The summed E-state index contributed by atoms with van der Waals surface area (Å²) < 4.78 is 0. The fraction of sp³-hybridized carbons (Fsp3) is 0.438. The Labute approximate surface area is 112 Å². The molecule has 2 aliphatic rings. The first kappa shape index (κ1) is 11.1. The second-order valence-corrected chi connectivity index (χ2v) is 6.02. The van der Waals surface area contributed by atoms with E-state index in [9.17, 15) is 4.79 Å². The van der Waals surface area contributed by atoms with Crippen LogP contribution in [0.3, 0.4) is 0 Å². The molecule has 1 fully saturated rings. The van der Waals surface area contributed by atoms with Gasteiger partial charge in [-0.2, -0.15) is 0 Å². The van der Waals surface area contributed by atoms with E-state index in [0.29, 0.717) is 12.0 Å². The third-order valence-corrected chi connectivity index (χ3v) is 4.35. The quantitative estimate of drug-likeness (QED) is 0.849. The van der Waals surface area contributed by atoms with Crippen LogP contribution in [0.25, 0.3) is 10.9 Å². The summed E-state index contributed by atoms with van der Waals surface area (Å²) in [4.78, 5) is 15.3. The number of aromatic amines is 1. The summed E-state index contributed by atoms with van der Waals surface area (Å²) in [6, 6.07) is 6.83. The summed E-state index contributed by atoms with van der Waals surface area (Å²) in [5.41, 5.74) is 5.23. The Hall–Kier alpha value is -1.77. The summed E-state index contributed by atoms with van der Waals surface area (Å²) >= 11 is 0. The van der Waals surface area contributed by atoms with Crippen LogP contribution in [0, 0.1) is 12.8 Å². The topological polar surface area (TPSA) is 44.9 Å². The summed E-state index contributed by atoms with van der Waals surface area (Å²) in [7, 11) is 0. The third-order valence-electron chi connectivity index (χ3n) is 4.35. The summed E-state index contributed by atoms with van der Waals surface area (Å²) in [5, 5.41) is 4.53. The van der Waals surface area contributed by atoms with E-state index in [2.05, 4.69) is 35.4 Å². The zero-order chi connectivity index (χ0) is 13.0. The molecule has 2 aromatic rings. The molecular weight excluding hydrogens is 236 g/mol. The highest BCUT2D eigenvalue weighted by molar-refractivity contribution is 5.86. The van der Waals surface area contributed by atoms with Gasteiger partial charge in [-0.05, 0) is 43.9 Å². The van der Waals surface area contributed by atoms with Gasteiger partial charge in [-0.1, -0.05) is 11.6 Å². The van der Waals surface area contributed by atoms with Crippen molar-refractivity contribution in [1.29, 1.82) is 0 Å². The standard InChI is InChI=1S/C16H18N2O/c1-9-2-5-14-12(6-9)13-7-11(8-15(13)18-14)17-16(19)10-3-4-10/h2,5-6,10-11,18H,3-4,7-8H2,1H3,(H,17,19). The Morgan fingerprint density at radius 3 is 2.95 bits per heavy atom. The van der Waals surface area contributed by atoms with E-state index in [1.54, 1.807) is 0 Å². The molecule has 0 spiro atoms. The maximum atomic E-state index is 11.8. The van der Waals surface area contributed by atoms with Gasteiger partial charge < -0.3 is 10.3 Å². The minimum atomic E-state index is 0.260. The maximum absolute atomic E-state index is 11.8. The number of fused-ring (bicyclic) bond motifs is 3. The van der Waals surface area contributed by atoms with Crippen LogP contribution in [0.1, 0.15) is 29.7 Å². The van der Waals surface area contributed by atoms with E-state index in [0.717, 1.165) is 25.7 Å². The number of amides is 1. The van der Waals surface area contributed by atoms with Crippen LogP contribution in [0.15, 0.2) is 18.2 Å². The third kappa shape index (κ3) is 1.84. The first-order valence-corrected chi connectivity index (χ1v) is 7.11. The van der Waals surface area contributed by atoms with Crippen molar-refractivity contribution in [3.8, 4) is 0 Å². The largest absolute Gasteiger partial charge is 0.358 e. The molecule has 0 aliphatic heterocycles. The smallest absolute Gasteiger partial charge is 0.223 e. The van der Waals surface area contributed by atoms with Crippen molar-refractivity contribution in [2.45, 2.75) is 38.6 Å².